The second-order valence-electron chi connectivity index (χ2n) is 14.1. The van der Waals surface area contributed by atoms with Crippen LogP contribution in [0.5, 0.6) is 0 Å². The van der Waals surface area contributed by atoms with Crippen LogP contribution in [0.15, 0.2) is 82.6 Å². The molecule has 2 atom stereocenters. The number of hydrogen-bond acceptors (Lipinski definition) is 9. The molecular weight excluding hydrogens is 826 g/mol. The molecule has 0 aliphatic carbocycles. The molecule has 1 aliphatic rings. The number of nitrogens with zero attached hydrogens (tertiary/aromatic N) is 3. The number of carbonyl (C=O) groups is 4. The number of amides is 1. The highest BCUT2D eigenvalue weighted by Crippen LogP contribution is 2.36. The van der Waals surface area contributed by atoms with Crippen molar-refractivity contribution in [2.24, 2.45) is 0 Å². The molecule has 5 rings (SSSR count). The summed E-state index contributed by atoms with van der Waals surface area (Å²) in [5.74, 6) is -4.70. The summed E-state index contributed by atoms with van der Waals surface area (Å²) in [6, 6.07) is 25.8. The molecule has 4 aromatic carbocycles. The fourth-order valence-corrected chi connectivity index (χ4v) is 9.04. The summed E-state index contributed by atoms with van der Waals surface area (Å²) in [6.07, 6.45) is 4.24. The number of likely N-dealkylation sites (N-methyl/N-ethyl adjacent to an activating group) is 1. The van der Waals surface area contributed by atoms with E-state index in [4.69, 9.17) is 43.6 Å². The third-order valence-electron chi connectivity index (χ3n) is 10.1. The highest BCUT2D eigenvalue weighted by molar-refractivity contribution is 7.98. The van der Waals surface area contributed by atoms with Crippen LogP contribution in [0, 0.1) is 11.3 Å². The summed E-state index contributed by atoms with van der Waals surface area (Å²) in [5.41, 5.74) is 0.596. The quantitative estimate of drug-likeness (QED) is 0.0684. The van der Waals surface area contributed by atoms with Crippen LogP contribution >= 0.6 is 35.0 Å². The maximum Gasteiger partial charge on any atom is 0.336 e. The van der Waals surface area contributed by atoms with Gasteiger partial charge in [0.2, 0.25) is 0 Å². The van der Waals surface area contributed by atoms with E-state index < -0.39 is 47.5 Å². The number of nitriles is 1. The molecule has 0 aromatic heterocycles. The Morgan fingerprint density at radius 3 is 2.17 bits per heavy atom. The van der Waals surface area contributed by atoms with E-state index >= 15 is 0 Å². The Balaban J connectivity index is 0.000000492. The Labute approximate surface area is 354 Å². The zero-order valence-corrected chi connectivity index (χ0v) is 35.3. The van der Waals surface area contributed by atoms with Crippen LogP contribution in [0.1, 0.15) is 71.0 Å². The molecule has 1 aliphatic heterocycles. The summed E-state index contributed by atoms with van der Waals surface area (Å²) >= 11 is 13.2. The van der Waals surface area contributed by atoms with Gasteiger partial charge >= 0.3 is 17.9 Å². The van der Waals surface area contributed by atoms with Gasteiger partial charge in [-0.1, -0.05) is 71.7 Å². The van der Waals surface area contributed by atoms with E-state index in [1.807, 2.05) is 80.0 Å². The van der Waals surface area contributed by atoms with Crippen molar-refractivity contribution >= 4 is 80.7 Å². The van der Waals surface area contributed by atoms with Crippen molar-refractivity contribution in [3.8, 4) is 6.07 Å². The van der Waals surface area contributed by atoms with Crippen molar-refractivity contribution in [2.45, 2.75) is 59.3 Å². The number of rotatable bonds is 15. The highest BCUT2D eigenvalue weighted by atomic mass is 35.5. The molecule has 58 heavy (non-hydrogen) atoms. The number of aliphatic carboxylic acids is 3. The van der Waals surface area contributed by atoms with E-state index in [-0.39, 0.29) is 11.8 Å². The molecule has 0 spiro atoms. The molecule has 16 heteroatoms. The van der Waals surface area contributed by atoms with Crippen molar-refractivity contribution in [2.75, 3.05) is 45.7 Å². The summed E-state index contributed by atoms with van der Waals surface area (Å²) in [7, 11) is 1.84. The lowest BCUT2D eigenvalue weighted by atomic mass is 9.88. The predicted octanol–water partition coefficient (Wildman–Crippen LogP) is 7.35. The number of likely N-dealkylation sites (tertiary alicyclic amines) is 1. The fourth-order valence-electron chi connectivity index (χ4n) is 7.17. The number of carboxylic acids is 3. The molecule has 308 valence electrons. The first-order valence-corrected chi connectivity index (χ1v) is 21.8. The van der Waals surface area contributed by atoms with E-state index in [1.54, 1.807) is 11.2 Å². The Hall–Kier alpha value is -4.33. The molecule has 1 amide bonds. The maximum atomic E-state index is 14.2. The topological polar surface area (TPSA) is 203 Å². The van der Waals surface area contributed by atoms with E-state index in [0.29, 0.717) is 38.5 Å². The molecule has 0 radical (unpaired) electrons. The fraction of sp³-hybridized carbons (Fsp3) is 0.357. The lowest BCUT2D eigenvalue weighted by Gasteiger charge is -2.34. The summed E-state index contributed by atoms with van der Waals surface area (Å²) < 4.78 is 12.3. The van der Waals surface area contributed by atoms with Gasteiger partial charge in [-0.05, 0) is 103 Å². The molecule has 4 aromatic rings. The minimum absolute atomic E-state index is 0.0258. The van der Waals surface area contributed by atoms with E-state index in [9.17, 15) is 29.0 Å². The van der Waals surface area contributed by atoms with Crippen LogP contribution in [-0.4, -0.2) is 110 Å². The van der Waals surface area contributed by atoms with Crippen LogP contribution < -0.4 is 0 Å². The molecule has 0 bridgehead atoms. The average molecular weight is 871 g/mol. The zero-order chi connectivity index (χ0) is 42.7. The Kier molecular flexibility index (Phi) is 16.9. The van der Waals surface area contributed by atoms with Gasteiger partial charge in [0.05, 0.1) is 34.0 Å². The third kappa shape index (κ3) is 11.9. The monoisotopic (exact) mass is 869 g/mol. The Bertz CT molecular complexity index is 2160. The summed E-state index contributed by atoms with van der Waals surface area (Å²) in [5, 5.41) is 46.4. The molecular formula is C42H45Cl2N3O9S2. The smallest absolute Gasteiger partial charge is 0.336 e. The predicted molar refractivity (Wildman–Crippen MR) is 226 cm³/mol. The molecule has 1 heterocycles. The number of aliphatic hydroxyl groups is 1. The lowest BCUT2D eigenvalue weighted by Crippen LogP contribution is -2.42. The SMILES string of the molecule is CSc1c(C#N)cc2ccccc2c1C(=O)N(C)CC(CCN1CCC(c2ccccc2[S@+](C)[O-])CC1)c1ccc(Cl)c(Cl)c1.O=C(O)CC(O)(CC(=O)O)C(=O)O. The highest BCUT2D eigenvalue weighted by Gasteiger charge is 2.41. The van der Waals surface area contributed by atoms with Crippen LogP contribution in [0.4, 0.5) is 0 Å². The van der Waals surface area contributed by atoms with Gasteiger partial charge in [0, 0.05) is 30.0 Å². The number of benzene rings is 4. The first-order chi connectivity index (χ1) is 27.5. The van der Waals surface area contributed by atoms with Crippen LogP contribution in [0.2, 0.25) is 10.0 Å². The molecule has 12 nitrogen and oxygen atoms in total. The van der Waals surface area contributed by atoms with Gasteiger partial charge in [-0.15, -0.1) is 11.8 Å². The standard InChI is InChI=1S/C36H37Cl2N3O2S2.C6H8O7/c1-40(36(42)34-30-10-5-4-8-26(30)20-28(22-39)35(34)44-2)23-27(25-12-13-31(37)32(38)21-25)16-19-41-17-14-24(15-18-41)29-9-6-7-11-33(29)45(3)43;7-3(8)1-6(13,5(11)12)2-4(9)10/h4-13,20-21,24,27H,14-19,23H2,1-3H3;13H,1-2H2,(H,7,8)(H,9,10)(H,11,12)/t27?,45-;/m0./s1. The number of piperidine rings is 1. The summed E-state index contributed by atoms with van der Waals surface area (Å²) in [6.45, 7) is 3.29. The Morgan fingerprint density at radius 2 is 1.60 bits per heavy atom. The van der Waals surface area contributed by atoms with Gasteiger partial charge < -0.3 is 34.8 Å². The number of thioether (sulfide) groups is 1. The van der Waals surface area contributed by atoms with Crippen molar-refractivity contribution in [1.82, 2.24) is 9.80 Å². The van der Waals surface area contributed by atoms with E-state index in [2.05, 4.69) is 17.0 Å². The zero-order valence-electron chi connectivity index (χ0n) is 32.2. The van der Waals surface area contributed by atoms with Gasteiger partial charge in [0.15, 0.2) is 10.5 Å². The van der Waals surface area contributed by atoms with Crippen LogP contribution in [0.25, 0.3) is 10.8 Å². The minimum Gasteiger partial charge on any atom is -0.612 e. The van der Waals surface area contributed by atoms with Crippen molar-refractivity contribution in [3.63, 3.8) is 0 Å². The molecule has 1 fully saturated rings. The first-order valence-electron chi connectivity index (χ1n) is 18.2. The Morgan fingerprint density at radius 1 is 0.983 bits per heavy atom. The second-order valence-corrected chi connectivity index (χ2v) is 17.1. The van der Waals surface area contributed by atoms with Crippen LogP contribution in [-0.2, 0) is 25.6 Å². The van der Waals surface area contributed by atoms with Gasteiger partial charge in [-0.2, -0.15) is 5.26 Å². The summed E-state index contributed by atoms with van der Waals surface area (Å²) in [4.78, 5) is 50.6. The second kappa shape index (κ2) is 21.1. The van der Waals surface area contributed by atoms with Gasteiger partial charge in [-0.25, -0.2) is 4.79 Å². The average Bonchev–Trinajstić information content (AvgIpc) is 3.19. The maximum absolute atomic E-state index is 14.2. The van der Waals surface area contributed by atoms with Crippen molar-refractivity contribution in [3.05, 3.63) is 105 Å². The molecule has 1 unspecified atom stereocenters. The largest absolute Gasteiger partial charge is 0.612 e. The normalized spacial score (nSPS) is 14.4. The van der Waals surface area contributed by atoms with Crippen molar-refractivity contribution in [1.29, 1.82) is 5.26 Å². The molecule has 1 saturated heterocycles. The van der Waals surface area contributed by atoms with Gasteiger partial charge in [0.25, 0.3) is 5.91 Å². The lowest BCUT2D eigenvalue weighted by molar-refractivity contribution is -0.170. The number of halogens is 2. The number of hydrogen-bond donors (Lipinski definition) is 4. The molecule has 0 saturated carbocycles. The van der Waals surface area contributed by atoms with Gasteiger partial charge in [0.1, 0.15) is 12.3 Å². The number of fused-ring (bicyclic) bond motifs is 1. The molecule has 4 N–H and O–H groups in total. The number of carbonyl (C=O) groups excluding carboxylic acids is 1. The third-order valence-corrected chi connectivity index (χ3v) is 12.7. The van der Waals surface area contributed by atoms with Crippen molar-refractivity contribution < 1.29 is 44.2 Å². The van der Waals surface area contributed by atoms with E-state index in [0.717, 1.165) is 60.1 Å². The van der Waals surface area contributed by atoms with Gasteiger partial charge in [-0.3, -0.25) is 14.4 Å². The van der Waals surface area contributed by atoms with E-state index in [1.165, 1.54) is 17.3 Å². The minimum atomic E-state index is -2.74. The number of carboxylic acid groups (broad SMARTS) is 3. The first kappa shape index (κ1) is 46.4. The van der Waals surface area contributed by atoms with Crippen LogP contribution in [0.3, 0.4) is 0 Å².